The highest BCUT2D eigenvalue weighted by atomic mass is 35.5. The molecule has 3 aromatic rings. The summed E-state index contributed by atoms with van der Waals surface area (Å²) < 4.78 is 0. The number of amides is 2. The van der Waals surface area contributed by atoms with Crippen LogP contribution in [0.4, 0.5) is 5.69 Å². The average Bonchev–Trinajstić information content (AvgIpc) is 2.53. The van der Waals surface area contributed by atoms with Crippen LogP contribution in [0, 0.1) is 0 Å². The second kappa shape index (κ2) is 4.68. The van der Waals surface area contributed by atoms with E-state index in [0.29, 0.717) is 21.8 Å². The third-order valence-corrected chi connectivity index (χ3v) is 4.07. The third kappa shape index (κ3) is 1.76. The zero-order valence-corrected chi connectivity index (χ0v) is 12.2. The molecule has 4 rings (SSSR count). The number of hydrogen-bond donors (Lipinski definition) is 0. The summed E-state index contributed by atoms with van der Waals surface area (Å²) in [6.07, 6.45) is 0. The minimum atomic E-state index is -0.323. The molecule has 0 spiro atoms. The number of benzene rings is 3. The van der Waals surface area contributed by atoms with E-state index in [4.69, 9.17) is 11.6 Å². The van der Waals surface area contributed by atoms with E-state index in [1.54, 1.807) is 36.4 Å². The van der Waals surface area contributed by atoms with Gasteiger partial charge in [0, 0.05) is 21.5 Å². The Kier molecular flexibility index (Phi) is 2.78. The Morgan fingerprint density at radius 1 is 0.773 bits per heavy atom. The number of carbonyl (C=O) groups excluding carboxylic acids is 2. The molecule has 22 heavy (non-hydrogen) atoms. The minimum absolute atomic E-state index is 0.323. The van der Waals surface area contributed by atoms with Gasteiger partial charge in [0.1, 0.15) is 0 Å². The number of rotatable bonds is 1. The highest BCUT2D eigenvalue weighted by Crippen LogP contribution is 2.33. The fraction of sp³-hybridized carbons (Fsp3) is 0. The fourth-order valence-corrected chi connectivity index (χ4v) is 3.06. The molecule has 4 heteroatoms. The van der Waals surface area contributed by atoms with Crippen molar-refractivity contribution in [1.29, 1.82) is 0 Å². The number of carbonyl (C=O) groups is 2. The van der Waals surface area contributed by atoms with Crippen LogP contribution in [0.15, 0.2) is 60.7 Å². The molecule has 3 aromatic carbocycles. The lowest BCUT2D eigenvalue weighted by atomic mass is 9.94. The maximum absolute atomic E-state index is 12.8. The Bertz CT molecular complexity index is 898. The van der Waals surface area contributed by atoms with E-state index < -0.39 is 0 Å². The average molecular weight is 308 g/mol. The molecule has 0 aromatic heterocycles. The van der Waals surface area contributed by atoms with Crippen LogP contribution >= 0.6 is 11.6 Å². The molecular weight excluding hydrogens is 298 g/mol. The molecule has 0 radical (unpaired) electrons. The van der Waals surface area contributed by atoms with E-state index >= 15 is 0 Å². The predicted molar refractivity (Wildman–Crippen MR) is 86.5 cm³/mol. The summed E-state index contributed by atoms with van der Waals surface area (Å²) in [6, 6.07) is 17.7. The lowest BCUT2D eigenvalue weighted by Gasteiger charge is -2.27. The standard InChI is InChI=1S/C18H10ClNO2/c19-12-6-3-7-13(10-12)20-17(21)14-8-1-4-11-5-2-9-15(16(11)14)18(20)22/h1-10H. The molecule has 106 valence electrons. The molecule has 3 nitrogen and oxygen atoms in total. The number of halogens is 1. The molecule has 0 saturated heterocycles. The lowest BCUT2D eigenvalue weighted by molar-refractivity contribution is 0.0893. The van der Waals surface area contributed by atoms with E-state index in [2.05, 4.69) is 0 Å². The second-order valence-corrected chi connectivity index (χ2v) is 5.57. The quantitative estimate of drug-likeness (QED) is 0.629. The van der Waals surface area contributed by atoms with E-state index in [-0.39, 0.29) is 11.8 Å². The Labute approximate surface area is 131 Å². The SMILES string of the molecule is O=C1c2cccc3cccc(c23)C(=O)N1c1cccc(Cl)c1. The Morgan fingerprint density at radius 3 is 1.95 bits per heavy atom. The van der Waals surface area contributed by atoms with Crippen LogP contribution in [0.2, 0.25) is 5.02 Å². The highest BCUT2D eigenvalue weighted by molar-refractivity contribution is 6.36. The van der Waals surface area contributed by atoms with Crippen molar-refractivity contribution in [3.63, 3.8) is 0 Å². The maximum Gasteiger partial charge on any atom is 0.265 e. The first-order valence-electron chi connectivity index (χ1n) is 6.83. The van der Waals surface area contributed by atoms with E-state index in [1.165, 1.54) is 4.90 Å². The number of nitrogens with zero attached hydrogens (tertiary/aromatic N) is 1. The normalized spacial score (nSPS) is 13.8. The topological polar surface area (TPSA) is 37.4 Å². The van der Waals surface area contributed by atoms with Crippen LogP contribution < -0.4 is 4.90 Å². The highest BCUT2D eigenvalue weighted by Gasteiger charge is 2.33. The van der Waals surface area contributed by atoms with Crippen molar-refractivity contribution >= 4 is 39.9 Å². The molecule has 0 aliphatic carbocycles. The van der Waals surface area contributed by atoms with Gasteiger partial charge in [-0.3, -0.25) is 9.59 Å². The van der Waals surface area contributed by atoms with Gasteiger partial charge < -0.3 is 0 Å². The number of hydrogen-bond acceptors (Lipinski definition) is 2. The predicted octanol–water partition coefficient (Wildman–Crippen LogP) is 4.29. The molecule has 1 heterocycles. The summed E-state index contributed by atoms with van der Waals surface area (Å²) in [6.45, 7) is 0. The third-order valence-electron chi connectivity index (χ3n) is 3.84. The molecular formula is C18H10ClNO2. The largest absolute Gasteiger partial charge is 0.268 e. The first kappa shape index (κ1) is 13.0. The van der Waals surface area contributed by atoms with Crippen molar-refractivity contribution in [3.8, 4) is 0 Å². The van der Waals surface area contributed by atoms with E-state index in [0.717, 1.165) is 10.8 Å². The Balaban J connectivity index is 2.00. The van der Waals surface area contributed by atoms with Gasteiger partial charge in [-0.2, -0.15) is 0 Å². The molecule has 2 amide bonds. The van der Waals surface area contributed by atoms with Gasteiger partial charge in [0.25, 0.3) is 11.8 Å². The van der Waals surface area contributed by atoms with Gasteiger partial charge in [0.15, 0.2) is 0 Å². The molecule has 0 bridgehead atoms. The molecule has 1 aliphatic heterocycles. The van der Waals surface area contributed by atoms with Crippen LogP contribution in [0.5, 0.6) is 0 Å². The molecule has 0 unspecified atom stereocenters. The van der Waals surface area contributed by atoms with Crippen molar-refractivity contribution < 1.29 is 9.59 Å². The van der Waals surface area contributed by atoms with Crippen molar-refractivity contribution in [2.45, 2.75) is 0 Å². The molecule has 0 atom stereocenters. The van der Waals surface area contributed by atoms with Crippen LogP contribution in [-0.2, 0) is 0 Å². The Morgan fingerprint density at radius 2 is 1.36 bits per heavy atom. The second-order valence-electron chi connectivity index (χ2n) is 5.13. The summed E-state index contributed by atoms with van der Waals surface area (Å²) in [5.74, 6) is -0.645. The summed E-state index contributed by atoms with van der Waals surface area (Å²) >= 11 is 5.99. The first-order valence-corrected chi connectivity index (χ1v) is 7.21. The van der Waals surface area contributed by atoms with Crippen molar-refractivity contribution in [1.82, 2.24) is 0 Å². The smallest absolute Gasteiger partial charge is 0.265 e. The van der Waals surface area contributed by atoms with Gasteiger partial charge >= 0.3 is 0 Å². The van der Waals surface area contributed by atoms with Crippen LogP contribution in [-0.4, -0.2) is 11.8 Å². The van der Waals surface area contributed by atoms with Crippen LogP contribution in [0.25, 0.3) is 10.8 Å². The fourth-order valence-electron chi connectivity index (χ4n) is 2.88. The van der Waals surface area contributed by atoms with Gasteiger partial charge in [0.05, 0.1) is 5.69 Å². The van der Waals surface area contributed by atoms with Crippen LogP contribution in [0.3, 0.4) is 0 Å². The van der Waals surface area contributed by atoms with Gasteiger partial charge in [-0.25, -0.2) is 4.90 Å². The van der Waals surface area contributed by atoms with Crippen LogP contribution in [0.1, 0.15) is 20.7 Å². The first-order chi connectivity index (χ1) is 10.7. The summed E-state index contributed by atoms with van der Waals surface area (Å²) in [5.41, 5.74) is 1.55. The molecule has 1 aliphatic rings. The number of imide groups is 1. The molecule has 0 saturated carbocycles. The number of anilines is 1. The monoisotopic (exact) mass is 307 g/mol. The van der Waals surface area contributed by atoms with Gasteiger partial charge in [0.2, 0.25) is 0 Å². The van der Waals surface area contributed by atoms with Crippen molar-refractivity contribution in [3.05, 3.63) is 76.8 Å². The zero-order chi connectivity index (χ0) is 15.3. The Hall–Kier alpha value is -2.65. The maximum atomic E-state index is 12.8. The lowest BCUT2D eigenvalue weighted by Crippen LogP contribution is -2.40. The van der Waals surface area contributed by atoms with E-state index in [9.17, 15) is 9.59 Å². The molecule has 0 N–H and O–H groups in total. The zero-order valence-electron chi connectivity index (χ0n) is 11.4. The summed E-state index contributed by atoms with van der Waals surface area (Å²) in [4.78, 5) is 26.8. The van der Waals surface area contributed by atoms with Crippen molar-refractivity contribution in [2.75, 3.05) is 4.90 Å². The summed E-state index contributed by atoms with van der Waals surface area (Å²) in [7, 11) is 0. The van der Waals surface area contributed by atoms with Gasteiger partial charge in [-0.15, -0.1) is 0 Å². The minimum Gasteiger partial charge on any atom is -0.268 e. The molecule has 0 fully saturated rings. The van der Waals surface area contributed by atoms with Crippen molar-refractivity contribution in [2.24, 2.45) is 0 Å². The van der Waals surface area contributed by atoms with Gasteiger partial charge in [-0.05, 0) is 35.7 Å². The summed E-state index contributed by atoms with van der Waals surface area (Å²) in [5, 5.41) is 2.09. The van der Waals surface area contributed by atoms with E-state index in [1.807, 2.05) is 24.3 Å². The van der Waals surface area contributed by atoms with Gasteiger partial charge in [-0.1, -0.05) is 41.9 Å².